The molecule has 6 N–H and O–H groups in total. The van der Waals surface area contributed by atoms with Crippen LogP contribution in [0.1, 0.15) is 68.6 Å². The molecule has 0 aliphatic carbocycles. The number of aldehydes is 2. The molecule has 0 radical (unpaired) electrons. The molecular formula is C45H63N13O7S. The molecule has 21 heteroatoms. The van der Waals surface area contributed by atoms with Crippen molar-refractivity contribution in [2.75, 3.05) is 66.0 Å². The maximum absolute atomic E-state index is 12.2. The van der Waals surface area contributed by atoms with E-state index in [1.54, 1.807) is 47.8 Å². The van der Waals surface area contributed by atoms with E-state index in [2.05, 4.69) is 76.9 Å². The number of benzene rings is 2. The van der Waals surface area contributed by atoms with Gasteiger partial charge in [0.05, 0.1) is 48.5 Å². The number of allylic oxidation sites excluding steroid dienone is 2. The third-order valence-electron chi connectivity index (χ3n) is 10.2. The van der Waals surface area contributed by atoms with Crippen molar-refractivity contribution in [1.82, 2.24) is 44.0 Å². The number of nitrogens with two attached hydrogens (primary N) is 2. The number of anilines is 1. The summed E-state index contributed by atoms with van der Waals surface area (Å²) in [5, 5.41) is 11.4. The second-order valence-corrected chi connectivity index (χ2v) is 15.7. The Kier molecular flexibility index (Phi) is 20.7. The molecule has 7 rings (SSSR count). The summed E-state index contributed by atoms with van der Waals surface area (Å²) in [7, 11) is 5.23. The van der Waals surface area contributed by atoms with Crippen LogP contribution in [0.4, 0.5) is 5.95 Å². The molecular weight excluding hydrogens is 867 g/mol. The molecule has 1 aliphatic heterocycles. The summed E-state index contributed by atoms with van der Waals surface area (Å²) in [4.78, 5) is 54.0. The van der Waals surface area contributed by atoms with Gasteiger partial charge in [-0.05, 0) is 83.0 Å². The summed E-state index contributed by atoms with van der Waals surface area (Å²) >= 11 is 1.49. The lowest BCUT2D eigenvalue weighted by molar-refractivity contribution is -0.106. The lowest BCUT2D eigenvalue weighted by atomic mass is 10.2. The molecule has 20 nitrogen and oxygen atoms in total. The Bertz CT molecular complexity index is 2580. The number of aryl methyl sites for hydroxylation is 5. The smallest absolute Gasteiger partial charge is 0.265 e. The zero-order chi connectivity index (χ0) is 48.2. The van der Waals surface area contributed by atoms with Crippen LogP contribution in [0, 0.1) is 20.8 Å². The van der Waals surface area contributed by atoms with E-state index in [-0.39, 0.29) is 12.3 Å². The van der Waals surface area contributed by atoms with Crippen LogP contribution in [0.3, 0.4) is 0 Å². The number of primary amides is 1. The summed E-state index contributed by atoms with van der Waals surface area (Å²) in [6.07, 6.45) is 7.06. The van der Waals surface area contributed by atoms with E-state index >= 15 is 0 Å². The predicted molar refractivity (Wildman–Crippen MR) is 256 cm³/mol. The first-order valence-corrected chi connectivity index (χ1v) is 22.3. The van der Waals surface area contributed by atoms with Gasteiger partial charge in [-0.15, -0.1) is 0 Å². The molecule has 66 heavy (non-hydrogen) atoms. The van der Waals surface area contributed by atoms with Crippen molar-refractivity contribution in [3.63, 3.8) is 0 Å². The first-order valence-electron chi connectivity index (χ1n) is 21.5. The average molecular weight is 930 g/mol. The van der Waals surface area contributed by atoms with Gasteiger partial charge in [-0.1, -0.05) is 23.5 Å². The highest BCUT2D eigenvalue weighted by Gasteiger charge is 2.18. The van der Waals surface area contributed by atoms with Crippen LogP contribution in [-0.2, 0) is 35.7 Å². The summed E-state index contributed by atoms with van der Waals surface area (Å²) in [5.74, 6) is 7.18. The highest BCUT2D eigenvalue weighted by molar-refractivity contribution is 7.16. The second kappa shape index (κ2) is 26.3. The summed E-state index contributed by atoms with van der Waals surface area (Å²) in [6.45, 7) is 17.6. The van der Waals surface area contributed by atoms with Gasteiger partial charge >= 0.3 is 0 Å². The van der Waals surface area contributed by atoms with E-state index in [0.717, 1.165) is 120 Å². The van der Waals surface area contributed by atoms with Crippen molar-refractivity contribution in [3.05, 3.63) is 87.3 Å². The highest BCUT2D eigenvalue weighted by atomic mass is 32.1. The molecule has 356 valence electrons. The Morgan fingerprint density at radius 2 is 1.50 bits per heavy atom. The van der Waals surface area contributed by atoms with Gasteiger partial charge in [0, 0.05) is 65.5 Å². The number of fused-ring (bicyclic) bond motifs is 2. The van der Waals surface area contributed by atoms with Crippen LogP contribution in [0.25, 0.3) is 21.3 Å². The van der Waals surface area contributed by atoms with Gasteiger partial charge in [-0.25, -0.2) is 10.8 Å². The number of carbonyl (C=O) groups excluding carboxylic acids is 4. The Hall–Kier alpha value is -6.68. The number of nitrogen functional groups attached to an aromatic ring is 1. The van der Waals surface area contributed by atoms with E-state index in [1.165, 1.54) is 11.3 Å². The zero-order valence-corrected chi connectivity index (χ0v) is 39.9. The van der Waals surface area contributed by atoms with Crippen LogP contribution < -0.4 is 36.6 Å². The van der Waals surface area contributed by atoms with Crippen molar-refractivity contribution in [2.24, 2.45) is 16.6 Å². The lowest BCUT2D eigenvalue weighted by Crippen LogP contribution is -2.37. The average Bonchev–Trinajstić information content (AvgIpc) is 4.10. The van der Waals surface area contributed by atoms with Gasteiger partial charge in [0.25, 0.3) is 5.91 Å². The van der Waals surface area contributed by atoms with Crippen LogP contribution in [-0.4, -0.2) is 124 Å². The van der Waals surface area contributed by atoms with Crippen molar-refractivity contribution in [1.29, 1.82) is 0 Å². The number of carbonyl (C=O) groups is 4. The SMILES string of the molecule is CCn1nc(C)cc1C=O.CCn1nc(C)cc1C=O.CN=c1sc2cc(C(=O)NN)cc(OC)c2n1C/C=C/Cn1c(NC)nc2cc(C)cc(OCCCN3CCOCC3)c21.NC=O. The molecule has 6 aromatic rings. The van der Waals surface area contributed by atoms with Crippen LogP contribution >= 0.6 is 11.3 Å². The number of nitrogens with one attached hydrogen (secondary N) is 2. The van der Waals surface area contributed by atoms with E-state index in [9.17, 15) is 14.4 Å². The second-order valence-electron chi connectivity index (χ2n) is 14.7. The molecule has 2 amide bonds. The number of hydrogen-bond acceptors (Lipinski definition) is 15. The number of imidazole rings is 1. The van der Waals surface area contributed by atoms with Gasteiger partial charge in [-0.2, -0.15) is 10.2 Å². The molecule has 1 fully saturated rings. The largest absolute Gasteiger partial charge is 0.494 e. The minimum atomic E-state index is -0.376. The molecule has 0 spiro atoms. The van der Waals surface area contributed by atoms with Crippen molar-refractivity contribution >= 4 is 63.4 Å². The number of aromatic nitrogens is 7. The fourth-order valence-corrected chi connectivity index (χ4v) is 8.26. The summed E-state index contributed by atoms with van der Waals surface area (Å²) in [6, 6.07) is 11.2. The van der Waals surface area contributed by atoms with Gasteiger partial charge in [0.2, 0.25) is 12.4 Å². The number of methoxy groups -OCH3 is 1. The molecule has 1 aliphatic rings. The van der Waals surface area contributed by atoms with Gasteiger partial charge in [-0.3, -0.25) is 43.9 Å². The fourth-order valence-electron chi connectivity index (χ4n) is 7.21. The predicted octanol–water partition coefficient (Wildman–Crippen LogP) is 4.05. The first-order chi connectivity index (χ1) is 31.9. The number of nitrogens with zero attached hydrogens (tertiary/aromatic N) is 9. The van der Waals surface area contributed by atoms with E-state index < -0.39 is 0 Å². The number of morpholine rings is 1. The third-order valence-corrected chi connectivity index (χ3v) is 11.3. The maximum atomic E-state index is 12.2. The Morgan fingerprint density at radius 3 is 2.02 bits per heavy atom. The van der Waals surface area contributed by atoms with Crippen LogP contribution in [0.2, 0.25) is 0 Å². The molecule has 1 saturated heterocycles. The highest BCUT2D eigenvalue weighted by Crippen LogP contribution is 2.32. The molecule has 0 saturated carbocycles. The van der Waals surface area contributed by atoms with Crippen molar-refractivity contribution in [3.8, 4) is 11.5 Å². The zero-order valence-electron chi connectivity index (χ0n) is 39.1. The number of rotatable bonds is 16. The number of hydrogen-bond donors (Lipinski definition) is 4. The van der Waals surface area contributed by atoms with Crippen molar-refractivity contribution in [2.45, 2.75) is 67.2 Å². The number of thiazole rings is 1. The Labute approximate surface area is 388 Å². The minimum Gasteiger partial charge on any atom is -0.494 e. The number of amides is 2. The van der Waals surface area contributed by atoms with Crippen LogP contribution in [0.5, 0.6) is 11.5 Å². The van der Waals surface area contributed by atoms with Crippen LogP contribution in [0.15, 0.2) is 53.5 Å². The van der Waals surface area contributed by atoms with Crippen molar-refractivity contribution < 1.29 is 33.4 Å². The number of ether oxygens (including phenoxy) is 3. The Balaban J connectivity index is 0.000000336. The molecule has 0 bridgehead atoms. The first kappa shape index (κ1) is 51.9. The quantitative estimate of drug-likeness (QED) is 0.0268. The minimum absolute atomic E-state index is 0.250. The molecule has 0 atom stereocenters. The van der Waals surface area contributed by atoms with E-state index in [4.69, 9.17) is 29.8 Å². The monoisotopic (exact) mass is 929 g/mol. The van der Waals surface area contributed by atoms with Gasteiger partial charge < -0.3 is 34.4 Å². The molecule has 2 aromatic carbocycles. The topological polar surface area (TPSA) is 246 Å². The normalized spacial score (nSPS) is 12.7. The van der Waals surface area contributed by atoms with Gasteiger partial charge in [0.1, 0.15) is 33.9 Å². The fraction of sp³-hybridized carbons (Fsp3) is 0.422. The van der Waals surface area contributed by atoms with E-state index in [0.29, 0.717) is 42.4 Å². The Morgan fingerprint density at radius 1 is 0.894 bits per heavy atom. The van der Waals surface area contributed by atoms with Gasteiger partial charge in [0.15, 0.2) is 17.4 Å². The van der Waals surface area contributed by atoms with E-state index in [1.807, 2.05) is 34.7 Å². The molecule has 4 aromatic heterocycles. The molecule has 0 unspecified atom stereocenters. The standard InChI is InChI=1S/C30H40N8O4S.2C7H10N2O.CH3NO/c1-20-16-22-26(24(17-20)42-13-7-8-36-11-14-41-15-12-36)37(29(32-2)34-22)9-5-6-10-38-27-23(40-4)18-21(28(39)35-31)19-25(27)43-30(38)33-3;2*1-3-9-7(5-10)4-6(2)8-9;2-1-3/h5-6,16-19H,7-15,31H2,1-4H3,(H,32,34)(H,35,39);2*4-5H,3H2,1-2H3;1H,(H2,2,3)/b6-5+,33-30?;;;. The summed E-state index contributed by atoms with van der Waals surface area (Å²) < 4.78 is 25.9. The molecule has 5 heterocycles. The lowest BCUT2D eigenvalue weighted by Gasteiger charge is -2.26. The maximum Gasteiger partial charge on any atom is 0.265 e. The summed E-state index contributed by atoms with van der Waals surface area (Å²) in [5.41, 5.74) is 13.7. The number of hydrazine groups is 1. The third kappa shape index (κ3) is 13.7.